The zero-order valence-electron chi connectivity index (χ0n) is 17.2. The number of aryl methyl sites for hydroxylation is 3. The largest absolute Gasteiger partial charge is 0.392 e. The highest BCUT2D eigenvalue weighted by Gasteiger charge is 2.34. The zero-order valence-corrected chi connectivity index (χ0v) is 17.2. The second-order valence-corrected chi connectivity index (χ2v) is 8.01. The Kier molecular flexibility index (Phi) is 5.41. The average Bonchev–Trinajstić information content (AvgIpc) is 2.89. The van der Waals surface area contributed by atoms with Crippen molar-refractivity contribution in [3.05, 3.63) is 95.2 Å². The molecule has 1 fully saturated rings. The van der Waals surface area contributed by atoms with Crippen LogP contribution < -0.4 is 5.32 Å². The molecule has 3 rings (SSSR count). The fourth-order valence-corrected chi connectivity index (χ4v) is 4.40. The van der Waals surface area contributed by atoms with E-state index < -0.39 is 0 Å². The summed E-state index contributed by atoms with van der Waals surface area (Å²) in [5.41, 5.74) is 11.5. The van der Waals surface area contributed by atoms with Gasteiger partial charge in [-0.05, 0) is 67.3 Å². The SMILES string of the molecule is C=C(CC1CC(=C)C(c2c(C)cc(-c3ccc(C)cc3)cc2C)C1=C)NC. The second kappa shape index (κ2) is 7.60. The summed E-state index contributed by atoms with van der Waals surface area (Å²) in [7, 11) is 1.93. The lowest BCUT2D eigenvalue weighted by atomic mass is 9.82. The molecule has 1 aliphatic carbocycles. The Bertz CT molecular complexity index is 875. The molecule has 27 heavy (non-hydrogen) atoms. The van der Waals surface area contributed by atoms with Crippen molar-refractivity contribution in [3.8, 4) is 11.1 Å². The standard InChI is InChI=1S/C26H31N/c1-16-8-10-22(11-9-16)24-13-17(2)25(18(3)14-24)26-19(4)12-23(21(26)6)15-20(5)27-7/h8-11,13-14,23,26-27H,4-6,12,15H2,1-3,7H3. The van der Waals surface area contributed by atoms with Crippen molar-refractivity contribution in [1.29, 1.82) is 0 Å². The number of benzene rings is 2. The van der Waals surface area contributed by atoms with Crippen LogP contribution in [0.25, 0.3) is 11.1 Å². The lowest BCUT2D eigenvalue weighted by Crippen LogP contribution is -2.10. The predicted molar refractivity (Wildman–Crippen MR) is 118 cm³/mol. The van der Waals surface area contributed by atoms with Gasteiger partial charge in [-0.3, -0.25) is 0 Å². The summed E-state index contributed by atoms with van der Waals surface area (Å²) in [5, 5.41) is 3.17. The van der Waals surface area contributed by atoms with Gasteiger partial charge in [-0.2, -0.15) is 0 Å². The average molecular weight is 358 g/mol. The molecule has 2 aromatic rings. The van der Waals surface area contributed by atoms with Crippen LogP contribution in [0.15, 0.2) is 73.0 Å². The lowest BCUT2D eigenvalue weighted by Gasteiger charge is -2.22. The summed E-state index contributed by atoms with van der Waals surface area (Å²) in [4.78, 5) is 0. The number of hydrogen-bond acceptors (Lipinski definition) is 1. The summed E-state index contributed by atoms with van der Waals surface area (Å²) in [5.74, 6) is 0.685. The van der Waals surface area contributed by atoms with E-state index in [9.17, 15) is 0 Å². The van der Waals surface area contributed by atoms with Gasteiger partial charge in [0, 0.05) is 18.7 Å². The van der Waals surface area contributed by atoms with Gasteiger partial charge < -0.3 is 5.32 Å². The van der Waals surface area contributed by atoms with E-state index >= 15 is 0 Å². The number of rotatable bonds is 5. The Balaban J connectivity index is 1.95. The normalized spacial score (nSPS) is 19.4. The molecular weight excluding hydrogens is 326 g/mol. The van der Waals surface area contributed by atoms with Crippen molar-refractivity contribution >= 4 is 0 Å². The molecule has 1 N–H and O–H groups in total. The van der Waals surface area contributed by atoms with Crippen molar-refractivity contribution < 1.29 is 0 Å². The van der Waals surface area contributed by atoms with Crippen molar-refractivity contribution in [3.63, 3.8) is 0 Å². The first-order valence-corrected chi connectivity index (χ1v) is 9.72. The van der Waals surface area contributed by atoms with Crippen LogP contribution in [-0.4, -0.2) is 7.05 Å². The van der Waals surface area contributed by atoms with E-state index in [1.165, 1.54) is 44.5 Å². The molecular formula is C26H31N. The van der Waals surface area contributed by atoms with Crippen LogP contribution in [-0.2, 0) is 0 Å². The van der Waals surface area contributed by atoms with E-state index in [0.29, 0.717) is 5.92 Å². The molecule has 2 unspecified atom stereocenters. The summed E-state index contributed by atoms with van der Waals surface area (Å²) < 4.78 is 0. The summed E-state index contributed by atoms with van der Waals surface area (Å²) in [6, 6.07) is 13.4. The smallest absolute Gasteiger partial charge is 0.0260 e. The van der Waals surface area contributed by atoms with Crippen LogP contribution in [0, 0.1) is 26.7 Å². The molecule has 0 amide bonds. The number of nitrogens with one attached hydrogen (secondary N) is 1. The summed E-state index contributed by atoms with van der Waals surface area (Å²) >= 11 is 0. The summed E-state index contributed by atoms with van der Waals surface area (Å²) in [6.45, 7) is 19.5. The van der Waals surface area contributed by atoms with Gasteiger partial charge >= 0.3 is 0 Å². The molecule has 2 atom stereocenters. The van der Waals surface area contributed by atoms with Crippen LogP contribution in [0.2, 0.25) is 0 Å². The van der Waals surface area contributed by atoms with Crippen molar-refractivity contribution in [2.75, 3.05) is 7.05 Å². The van der Waals surface area contributed by atoms with Gasteiger partial charge in [0.05, 0.1) is 0 Å². The van der Waals surface area contributed by atoms with Crippen LogP contribution in [0.1, 0.15) is 41.0 Å². The molecule has 1 saturated carbocycles. The number of hydrogen-bond donors (Lipinski definition) is 1. The van der Waals surface area contributed by atoms with Gasteiger partial charge in [-0.15, -0.1) is 0 Å². The minimum Gasteiger partial charge on any atom is -0.392 e. The molecule has 0 radical (unpaired) electrons. The van der Waals surface area contributed by atoms with Crippen LogP contribution >= 0.6 is 0 Å². The molecule has 1 heteroatoms. The maximum absolute atomic E-state index is 4.47. The highest BCUT2D eigenvalue weighted by atomic mass is 14.8. The maximum Gasteiger partial charge on any atom is 0.0260 e. The Hall–Kier alpha value is -2.54. The van der Waals surface area contributed by atoms with Crippen molar-refractivity contribution in [1.82, 2.24) is 5.32 Å². The van der Waals surface area contributed by atoms with Crippen molar-refractivity contribution in [2.45, 2.75) is 39.5 Å². The van der Waals surface area contributed by atoms with Crippen LogP contribution in [0.5, 0.6) is 0 Å². The first kappa shape index (κ1) is 19.2. The Morgan fingerprint density at radius 2 is 1.59 bits per heavy atom. The fraction of sp³-hybridized carbons (Fsp3) is 0.308. The molecule has 0 saturated heterocycles. The molecule has 0 aromatic heterocycles. The summed E-state index contributed by atoms with van der Waals surface area (Å²) in [6.07, 6.45) is 1.94. The van der Waals surface area contributed by atoms with Gasteiger partial charge in [0.15, 0.2) is 0 Å². The fourth-order valence-electron chi connectivity index (χ4n) is 4.40. The third-order valence-electron chi connectivity index (χ3n) is 5.93. The third-order valence-corrected chi connectivity index (χ3v) is 5.93. The van der Waals surface area contributed by atoms with E-state index in [4.69, 9.17) is 0 Å². The van der Waals surface area contributed by atoms with E-state index in [1.807, 2.05) is 7.05 Å². The van der Waals surface area contributed by atoms with Crippen LogP contribution in [0.3, 0.4) is 0 Å². The van der Waals surface area contributed by atoms with E-state index in [2.05, 4.69) is 82.2 Å². The van der Waals surface area contributed by atoms with Gasteiger partial charge in [0.1, 0.15) is 0 Å². The van der Waals surface area contributed by atoms with Gasteiger partial charge in [0.25, 0.3) is 0 Å². The minimum atomic E-state index is 0.256. The molecule has 0 bridgehead atoms. The number of allylic oxidation sites excluding steroid dienone is 3. The monoisotopic (exact) mass is 357 g/mol. The van der Waals surface area contributed by atoms with Crippen molar-refractivity contribution in [2.24, 2.45) is 5.92 Å². The molecule has 0 aliphatic heterocycles. The first-order chi connectivity index (χ1) is 12.8. The predicted octanol–water partition coefficient (Wildman–Crippen LogP) is 6.62. The van der Waals surface area contributed by atoms with Gasteiger partial charge in [0.2, 0.25) is 0 Å². The van der Waals surface area contributed by atoms with Crippen LogP contribution in [0.4, 0.5) is 0 Å². The van der Waals surface area contributed by atoms with E-state index in [1.54, 1.807) is 0 Å². The highest BCUT2D eigenvalue weighted by Crippen LogP contribution is 2.49. The third kappa shape index (κ3) is 3.78. The van der Waals surface area contributed by atoms with E-state index in [-0.39, 0.29) is 5.92 Å². The highest BCUT2D eigenvalue weighted by molar-refractivity contribution is 5.67. The quantitative estimate of drug-likeness (QED) is 0.593. The minimum absolute atomic E-state index is 0.256. The van der Waals surface area contributed by atoms with Gasteiger partial charge in [-0.25, -0.2) is 0 Å². The molecule has 140 valence electrons. The second-order valence-electron chi connectivity index (χ2n) is 8.01. The maximum atomic E-state index is 4.47. The van der Waals surface area contributed by atoms with E-state index in [0.717, 1.165) is 18.5 Å². The zero-order chi connectivity index (χ0) is 19.7. The Morgan fingerprint density at radius 3 is 2.15 bits per heavy atom. The van der Waals surface area contributed by atoms with Gasteiger partial charge in [-0.1, -0.05) is 72.8 Å². The molecule has 1 nitrogen and oxygen atoms in total. The molecule has 2 aromatic carbocycles. The molecule has 0 spiro atoms. The molecule has 1 aliphatic rings. The molecule has 0 heterocycles. The topological polar surface area (TPSA) is 12.0 Å². The lowest BCUT2D eigenvalue weighted by molar-refractivity contribution is 0.625. The first-order valence-electron chi connectivity index (χ1n) is 9.72. The Morgan fingerprint density at radius 1 is 1.00 bits per heavy atom. The Labute approximate surface area is 164 Å².